The highest BCUT2D eigenvalue weighted by atomic mass is 16.5. The Kier molecular flexibility index (Phi) is 3.06. The number of rotatable bonds is 4. The summed E-state index contributed by atoms with van der Waals surface area (Å²) in [5, 5.41) is 3.24. The Morgan fingerprint density at radius 1 is 1.80 bits per heavy atom. The maximum atomic E-state index is 5.38. The molecule has 1 atom stereocenters. The Labute approximate surface area is 90.0 Å². The van der Waals surface area contributed by atoms with Crippen molar-refractivity contribution in [3.8, 4) is 0 Å². The van der Waals surface area contributed by atoms with Crippen molar-refractivity contribution in [2.45, 2.75) is 19.4 Å². The zero-order valence-corrected chi connectivity index (χ0v) is 9.07. The van der Waals surface area contributed by atoms with Crippen LogP contribution in [-0.4, -0.2) is 29.3 Å². The van der Waals surface area contributed by atoms with Gasteiger partial charge in [-0.1, -0.05) is 6.08 Å². The van der Waals surface area contributed by atoms with Crippen LogP contribution in [0.5, 0.6) is 0 Å². The molecule has 82 valence electrons. The minimum Gasteiger partial charge on any atom is -0.379 e. The highest BCUT2D eigenvalue weighted by molar-refractivity contribution is 5.30. The quantitative estimate of drug-likeness (QED) is 0.764. The maximum Gasteiger partial charge on any atom is 0.203 e. The lowest BCUT2D eigenvalue weighted by molar-refractivity contribution is 0.187. The molecule has 1 aliphatic rings. The molecule has 4 nitrogen and oxygen atoms in total. The molecule has 1 aromatic heterocycles. The van der Waals surface area contributed by atoms with Gasteiger partial charge in [-0.2, -0.15) is 0 Å². The van der Waals surface area contributed by atoms with E-state index in [-0.39, 0.29) is 0 Å². The Morgan fingerprint density at radius 2 is 2.67 bits per heavy atom. The van der Waals surface area contributed by atoms with Crippen LogP contribution >= 0.6 is 0 Å². The first-order valence-corrected chi connectivity index (χ1v) is 5.29. The maximum absolute atomic E-state index is 5.38. The van der Waals surface area contributed by atoms with Gasteiger partial charge >= 0.3 is 0 Å². The molecule has 1 N–H and O–H groups in total. The molecular weight excluding hydrogens is 190 g/mol. The summed E-state index contributed by atoms with van der Waals surface area (Å²) in [6.07, 6.45) is 4.98. The van der Waals surface area contributed by atoms with Gasteiger partial charge in [0.05, 0.1) is 18.3 Å². The lowest BCUT2D eigenvalue weighted by Crippen LogP contribution is -2.12. The van der Waals surface area contributed by atoms with Crippen LogP contribution in [0.1, 0.15) is 18.2 Å². The molecule has 0 saturated carbocycles. The number of aromatic nitrogens is 2. The van der Waals surface area contributed by atoms with Gasteiger partial charge in [-0.25, -0.2) is 4.98 Å². The van der Waals surface area contributed by atoms with Crippen molar-refractivity contribution in [3.63, 3.8) is 0 Å². The zero-order valence-electron chi connectivity index (χ0n) is 9.07. The number of nitrogens with zero attached hydrogens (tertiary/aromatic N) is 2. The zero-order chi connectivity index (χ0) is 10.7. The highest BCUT2D eigenvalue weighted by Crippen LogP contribution is 2.23. The number of hydrogen-bond acceptors (Lipinski definition) is 3. The molecule has 0 amide bonds. The molecule has 1 fully saturated rings. The Morgan fingerprint density at radius 3 is 3.33 bits per heavy atom. The summed E-state index contributed by atoms with van der Waals surface area (Å²) >= 11 is 0. The molecule has 0 radical (unpaired) electrons. The van der Waals surface area contributed by atoms with Gasteiger partial charge in [0.25, 0.3) is 0 Å². The molecule has 15 heavy (non-hydrogen) atoms. The number of hydrogen-bond donors (Lipinski definition) is 1. The minimum absolute atomic E-state index is 0.429. The van der Waals surface area contributed by atoms with E-state index in [4.69, 9.17) is 4.74 Å². The van der Waals surface area contributed by atoms with Crippen LogP contribution < -0.4 is 5.32 Å². The number of imidazole rings is 1. The first kappa shape index (κ1) is 10.2. The van der Waals surface area contributed by atoms with Crippen LogP contribution in [0.4, 0.5) is 5.95 Å². The van der Waals surface area contributed by atoms with Gasteiger partial charge in [-0.15, -0.1) is 6.58 Å². The molecule has 1 aromatic rings. The molecule has 1 aliphatic heterocycles. The third kappa shape index (κ3) is 2.21. The lowest BCUT2D eigenvalue weighted by Gasteiger charge is -2.13. The van der Waals surface area contributed by atoms with E-state index in [0.29, 0.717) is 6.04 Å². The molecule has 0 bridgehead atoms. The summed E-state index contributed by atoms with van der Waals surface area (Å²) < 4.78 is 7.56. The van der Waals surface area contributed by atoms with Crippen molar-refractivity contribution in [1.29, 1.82) is 0 Å². The van der Waals surface area contributed by atoms with E-state index < -0.39 is 0 Å². The van der Waals surface area contributed by atoms with Gasteiger partial charge in [-0.3, -0.25) is 0 Å². The van der Waals surface area contributed by atoms with Crippen molar-refractivity contribution in [3.05, 3.63) is 24.5 Å². The van der Waals surface area contributed by atoms with E-state index >= 15 is 0 Å². The second kappa shape index (κ2) is 4.49. The monoisotopic (exact) mass is 207 g/mol. The second-order valence-corrected chi connectivity index (χ2v) is 3.80. The molecular formula is C11H17N3O. The molecule has 1 unspecified atom stereocenters. The molecule has 2 heterocycles. The van der Waals surface area contributed by atoms with Crippen LogP contribution in [0.15, 0.2) is 18.9 Å². The largest absolute Gasteiger partial charge is 0.379 e. The van der Waals surface area contributed by atoms with Gasteiger partial charge in [0, 0.05) is 19.3 Å². The standard InChI is InChI=1S/C11H17N3O/c1-3-5-12-11-13-9(2)7-14(11)10-4-6-15-8-10/h3,7,10H,1,4-6,8H2,2H3,(H,12,13). The molecule has 1 saturated heterocycles. The van der Waals surface area contributed by atoms with Gasteiger partial charge in [-0.05, 0) is 13.3 Å². The molecule has 0 aliphatic carbocycles. The van der Waals surface area contributed by atoms with Crippen LogP contribution in [0.25, 0.3) is 0 Å². The first-order chi connectivity index (χ1) is 7.31. The number of anilines is 1. The molecule has 0 spiro atoms. The smallest absolute Gasteiger partial charge is 0.203 e. The Hall–Kier alpha value is -1.29. The fourth-order valence-electron chi connectivity index (χ4n) is 1.83. The van der Waals surface area contributed by atoms with E-state index in [1.54, 1.807) is 0 Å². The van der Waals surface area contributed by atoms with Crippen molar-refractivity contribution in [1.82, 2.24) is 9.55 Å². The predicted octanol–water partition coefficient (Wildman–Crippen LogP) is 1.75. The van der Waals surface area contributed by atoms with Crippen molar-refractivity contribution in [2.24, 2.45) is 0 Å². The summed E-state index contributed by atoms with van der Waals surface area (Å²) in [5.41, 5.74) is 1.04. The average Bonchev–Trinajstić information content (AvgIpc) is 2.83. The van der Waals surface area contributed by atoms with E-state index in [0.717, 1.165) is 37.8 Å². The summed E-state index contributed by atoms with van der Waals surface area (Å²) in [6, 6.07) is 0.429. The van der Waals surface area contributed by atoms with Crippen LogP contribution in [0, 0.1) is 6.92 Å². The van der Waals surface area contributed by atoms with E-state index in [1.165, 1.54) is 0 Å². The number of ether oxygens (including phenoxy) is 1. The number of nitrogens with one attached hydrogen (secondary N) is 1. The van der Waals surface area contributed by atoms with Gasteiger partial charge in [0.2, 0.25) is 5.95 Å². The Balaban J connectivity index is 2.16. The predicted molar refractivity (Wildman–Crippen MR) is 60.1 cm³/mol. The van der Waals surface area contributed by atoms with Crippen LogP contribution in [0.3, 0.4) is 0 Å². The molecule has 2 rings (SSSR count). The van der Waals surface area contributed by atoms with E-state index in [9.17, 15) is 0 Å². The van der Waals surface area contributed by atoms with E-state index in [1.807, 2.05) is 13.0 Å². The number of aryl methyl sites for hydroxylation is 1. The SMILES string of the molecule is C=CCNc1nc(C)cn1C1CCOC1. The third-order valence-corrected chi connectivity index (χ3v) is 2.56. The second-order valence-electron chi connectivity index (χ2n) is 3.80. The summed E-state index contributed by atoms with van der Waals surface area (Å²) in [4.78, 5) is 4.44. The van der Waals surface area contributed by atoms with Gasteiger partial charge in [0.15, 0.2) is 0 Å². The van der Waals surface area contributed by atoms with Crippen molar-refractivity contribution < 1.29 is 4.74 Å². The minimum atomic E-state index is 0.429. The van der Waals surface area contributed by atoms with E-state index in [2.05, 4.69) is 27.6 Å². The topological polar surface area (TPSA) is 39.1 Å². The fraction of sp³-hybridized carbons (Fsp3) is 0.545. The normalized spacial score (nSPS) is 20.5. The lowest BCUT2D eigenvalue weighted by atomic mass is 10.2. The molecule has 4 heteroatoms. The van der Waals surface area contributed by atoms with Crippen molar-refractivity contribution in [2.75, 3.05) is 25.1 Å². The highest BCUT2D eigenvalue weighted by Gasteiger charge is 2.20. The first-order valence-electron chi connectivity index (χ1n) is 5.29. The van der Waals surface area contributed by atoms with Crippen LogP contribution in [0.2, 0.25) is 0 Å². The summed E-state index contributed by atoms with van der Waals surface area (Å²) in [5.74, 6) is 0.919. The Bertz CT molecular complexity index is 340. The summed E-state index contributed by atoms with van der Waals surface area (Å²) in [7, 11) is 0. The van der Waals surface area contributed by atoms with Gasteiger partial charge in [0.1, 0.15) is 0 Å². The fourth-order valence-corrected chi connectivity index (χ4v) is 1.83. The van der Waals surface area contributed by atoms with Gasteiger partial charge < -0.3 is 14.6 Å². The summed E-state index contributed by atoms with van der Waals surface area (Å²) in [6.45, 7) is 8.07. The van der Waals surface area contributed by atoms with Crippen LogP contribution in [-0.2, 0) is 4.74 Å². The third-order valence-electron chi connectivity index (χ3n) is 2.56. The van der Waals surface area contributed by atoms with Crippen molar-refractivity contribution >= 4 is 5.95 Å². The molecule has 0 aromatic carbocycles. The average molecular weight is 207 g/mol.